The smallest absolute Gasteiger partial charge is 0.266 e. The molecule has 0 N–H and O–H groups in total. The third kappa shape index (κ3) is 5.02. The first-order chi connectivity index (χ1) is 13.1. The van der Waals surface area contributed by atoms with Gasteiger partial charge in [-0.3, -0.25) is 9.69 Å². The molecule has 3 rings (SSSR count). The highest BCUT2D eigenvalue weighted by molar-refractivity contribution is 8.26. The second-order valence-corrected chi connectivity index (χ2v) is 8.72. The fourth-order valence-corrected chi connectivity index (χ4v) is 4.62. The number of thiocarbonyl (C=S) groups is 1. The Morgan fingerprint density at radius 1 is 1.19 bits per heavy atom. The van der Waals surface area contributed by atoms with Gasteiger partial charge in [-0.1, -0.05) is 81.2 Å². The van der Waals surface area contributed by atoms with E-state index in [1.807, 2.05) is 37.3 Å². The standard InChI is InChI=1S/C22H27NO2S2/c1-3-4-5-6-7-10-13-23-21(24)20(27-22(23)26)15-18-14-17-11-8-9-12-19(17)25-16(18)2/h8-9,11-12,14-16H,3-7,10,13H2,1-2H3/b20-15-/t16-/m1/s1. The first-order valence-corrected chi connectivity index (χ1v) is 11.0. The van der Waals surface area contributed by atoms with E-state index in [-0.39, 0.29) is 12.0 Å². The van der Waals surface area contributed by atoms with E-state index in [2.05, 4.69) is 13.0 Å². The van der Waals surface area contributed by atoms with Crippen LogP contribution in [0.2, 0.25) is 0 Å². The van der Waals surface area contributed by atoms with E-state index in [0.29, 0.717) is 9.23 Å². The summed E-state index contributed by atoms with van der Waals surface area (Å²) >= 11 is 6.85. The van der Waals surface area contributed by atoms with Gasteiger partial charge in [0, 0.05) is 12.1 Å². The third-order valence-corrected chi connectivity index (χ3v) is 6.30. The Hall–Kier alpha value is -1.59. The zero-order valence-electron chi connectivity index (χ0n) is 16.1. The SMILES string of the molecule is CCCCCCCCN1C(=O)/C(=C/C2=Cc3ccccc3O[C@@H]2C)SC1=S. The topological polar surface area (TPSA) is 29.5 Å². The van der Waals surface area contributed by atoms with Gasteiger partial charge in [-0.05, 0) is 37.1 Å². The van der Waals surface area contributed by atoms with Gasteiger partial charge in [0.1, 0.15) is 16.2 Å². The summed E-state index contributed by atoms with van der Waals surface area (Å²) in [5.41, 5.74) is 2.05. The van der Waals surface area contributed by atoms with Crippen LogP contribution in [0.25, 0.3) is 6.08 Å². The summed E-state index contributed by atoms with van der Waals surface area (Å²) in [6, 6.07) is 7.96. The van der Waals surface area contributed by atoms with Crippen molar-refractivity contribution >= 4 is 40.3 Å². The number of hydrogen-bond donors (Lipinski definition) is 0. The number of fused-ring (bicyclic) bond motifs is 1. The molecule has 2 heterocycles. The first-order valence-electron chi connectivity index (χ1n) is 9.82. The van der Waals surface area contributed by atoms with E-state index in [1.54, 1.807) is 4.90 Å². The van der Waals surface area contributed by atoms with Gasteiger partial charge in [-0.25, -0.2) is 0 Å². The molecule has 2 aliphatic heterocycles. The molecule has 3 nitrogen and oxygen atoms in total. The number of amides is 1. The Labute approximate surface area is 171 Å². The summed E-state index contributed by atoms with van der Waals surface area (Å²) in [5.74, 6) is 0.920. The lowest BCUT2D eigenvalue weighted by Gasteiger charge is -2.23. The van der Waals surface area contributed by atoms with E-state index in [1.165, 1.54) is 37.4 Å². The lowest BCUT2D eigenvalue weighted by atomic mass is 10.0. The largest absolute Gasteiger partial charge is 0.485 e. The van der Waals surface area contributed by atoms with Crippen molar-refractivity contribution in [3.05, 3.63) is 46.4 Å². The number of unbranched alkanes of at least 4 members (excludes halogenated alkanes) is 5. The minimum absolute atomic E-state index is 0.0329. The van der Waals surface area contributed by atoms with E-state index >= 15 is 0 Å². The van der Waals surface area contributed by atoms with Crippen molar-refractivity contribution in [3.8, 4) is 5.75 Å². The van der Waals surface area contributed by atoms with Gasteiger partial charge in [-0.15, -0.1) is 0 Å². The monoisotopic (exact) mass is 401 g/mol. The van der Waals surface area contributed by atoms with Crippen LogP contribution in [0.15, 0.2) is 40.8 Å². The average Bonchev–Trinajstić information content (AvgIpc) is 2.92. The van der Waals surface area contributed by atoms with Gasteiger partial charge in [0.25, 0.3) is 5.91 Å². The van der Waals surface area contributed by atoms with Crippen LogP contribution < -0.4 is 4.74 Å². The highest BCUT2D eigenvalue weighted by atomic mass is 32.2. The predicted molar refractivity (Wildman–Crippen MR) is 118 cm³/mol. The van der Waals surface area contributed by atoms with Gasteiger partial charge in [0.2, 0.25) is 0 Å². The fraction of sp³-hybridized carbons (Fsp3) is 0.455. The number of para-hydroxylation sites is 1. The number of carbonyl (C=O) groups is 1. The van der Waals surface area contributed by atoms with Crippen molar-refractivity contribution in [2.75, 3.05) is 6.54 Å². The third-order valence-electron chi connectivity index (χ3n) is 4.92. The molecule has 0 bridgehead atoms. The molecule has 1 aromatic carbocycles. The normalized spacial score (nSPS) is 20.7. The molecule has 2 aliphatic rings. The number of nitrogens with zero attached hydrogens (tertiary/aromatic N) is 1. The van der Waals surface area contributed by atoms with Crippen LogP contribution in [0, 0.1) is 0 Å². The van der Waals surface area contributed by atoms with Crippen LogP contribution in [0.3, 0.4) is 0 Å². The summed E-state index contributed by atoms with van der Waals surface area (Å²) in [6.45, 7) is 4.95. The second-order valence-electron chi connectivity index (χ2n) is 7.04. The molecule has 1 aromatic rings. The van der Waals surface area contributed by atoms with Gasteiger partial charge >= 0.3 is 0 Å². The van der Waals surface area contributed by atoms with Crippen molar-refractivity contribution < 1.29 is 9.53 Å². The lowest BCUT2D eigenvalue weighted by Crippen LogP contribution is -2.29. The van der Waals surface area contributed by atoms with E-state index in [0.717, 1.165) is 36.3 Å². The molecule has 0 aliphatic carbocycles. The Bertz CT molecular complexity index is 769. The molecule has 1 atom stereocenters. The van der Waals surface area contributed by atoms with Crippen LogP contribution in [0.1, 0.15) is 57.9 Å². The molecule has 5 heteroatoms. The molecule has 27 heavy (non-hydrogen) atoms. The zero-order chi connectivity index (χ0) is 19.2. The summed E-state index contributed by atoms with van der Waals surface area (Å²) < 4.78 is 6.65. The molecule has 1 fully saturated rings. The fourth-order valence-electron chi connectivity index (χ4n) is 3.32. The van der Waals surface area contributed by atoms with Crippen molar-refractivity contribution in [1.29, 1.82) is 0 Å². The Balaban J connectivity index is 1.63. The van der Waals surface area contributed by atoms with E-state index < -0.39 is 0 Å². The summed E-state index contributed by atoms with van der Waals surface area (Å²) in [5, 5.41) is 0. The molecule has 0 radical (unpaired) electrons. The highest BCUT2D eigenvalue weighted by Gasteiger charge is 2.32. The quantitative estimate of drug-likeness (QED) is 0.305. The van der Waals surface area contributed by atoms with Crippen molar-refractivity contribution in [2.45, 2.75) is 58.5 Å². The predicted octanol–water partition coefficient (Wildman–Crippen LogP) is 5.96. The number of ether oxygens (including phenoxy) is 1. The maximum absolute atomic E-state index is 12.8. The summed E-state index contributed by atoms with van der Waals surface area (Å²) in [4.78, 5) is 15.2. The van der Waals surface area contributed by atoms with Crippen LogP contribution in [-0.2, 0) is 4.79 Å². The summed E-state index contributed by atoms with van der Waals surface area (Å²) in [7, 11) is 0. The van der Waals surface area contributed by atoms with Crippen LogP contribution >= 0.6 is 24.0 Å². The minimum Gasteiger partial charge on any atom is -0.485 e. The van der Waals surface area contributed by atoms with E-state index in [9.17, 15) is 4.79 Å². The molecule has 1 saturated heterocycles. The molecular formula is C22H27NO2S2. The molecule has 1 amide bonds. The van der Waals surface area contributed by atoms with Crippen molar-refractivity contribution in [3.63, 3.8) is 0 Å². The Kier molecular flexibility index (Phi) is 7.13. The van der Waals surface area contributed by atoms with E-state index in [4.69, 9.17) is 17.0 Å². The first kappa shape index (κ1) is 20.2. The van der Waals surface area contributed by atoms with Crippen LogP contribution in [0.4, 0.5) is 0 Å². The van der Waals surface area contributed by atoms with Gasteiger partial charge in [0.15, 0.2) is 0 Å². The molecule has 0 spiro atoms. The van der Waals surface area contributed by atoms with Crippen molar-refractivity contribution in [2.24, 2.45) is 0 Å². The molecule has 0 aromatic heterocycles. The Morgan fingerprint density at radius 3 is 2.74 bits per heavy atom. The summed E-state index contributed by atoms with van der Waals surface area (Å²) in [6.07, 6.45) is 11.2. The van der Waals surface area contributed by atoms with Gasteiger partial charge < -0.3 is 4.74 Å². The minimum atomic E-state index is -0.0815. The highest BCUT2D eigenvalue weighted by Crippen LogP contribution is 2.35. The lowest BCUT2D eigenvalue weighted by molar-refractivity contribution is -0.122. The number of carbonyl (C=O) groups excluding carboxylic acids is 1. The molecule has 144 valence electrons. The molecular weight excluding hydrogens is 374 g/mol. The van der Waals surface area contributed by atoms with Crippen LogP contribution in [0.5, 0.6) is 5.75 Å². The van der Waals surface area contributed by atoms with Crippen molar-refractivity contribution in [1.82, 2.24) is 4.90 Å². The van der Waals surface area contributed by atoms with Gasteiger partial charge in [-0.2, -0.15) is 0 Å². The Morgan fingerprint density at radius 2 is 1.93 bits per heavy atom. The zero-order valence-corrected chi connectivity index (χ0v) is 17.7. The van der Waals surface area contributed by atoms with Gasteiger partial charge in [0.05, 0.1) is 4.91 Å². The maximum atomic E-state index is 12.8. The number of thioether (sulfide) groups is 1. The van der Waals surface area contributed by atoms with Crippen LogP contribution in [-0.4, -0.2) is 27.8 Å². The second kappa shape index (κ2) is 9.56. The average molecular weight is 402 g/mol. The molecule has 0 saturated carbocycles. The maximum Gasteiger partial charge on any atom is 0.266 e. The number of hydrogen-bond acceptors (Lipinski definition) is 4. The number of rotatable bonds is 8. The molecule has 0 unspecified atom stereocenters. The number of benzene rings is 1.